The second kappa shape index (κ2) is 3.73. The molecule has 0 aliphatic heterocycles. The quantitative estimate of drug-likeness (QED) is 0.782. The molecule has 4 bridgehead atoms. The molecular weight excluding hydrogens is 206 g/mol. The van der Waals surface area contributed by atoms with Gasteiger partial charge in [-0.3, -0.25) is 0 Å². The van der Waals surface area contributed by atoms with Crippen LogP contribution >= 0.6 is 0 Å². The second-order valence-corrected chi connectivity index (χ2v) is 7.85. The number of hydrogen-bond acceptors (Lipinski definition) is 1. The van der Waals surface area contributed by atoms with E-state index in [2.05, 4.69) is 12.4 Å². The van der Waals surface area contributed by atoms with E-state index in [9.17, 15) is 0 Å². The minimum Gasteiger partial charge on any atom is -0.317 e. The Morgan fingerprint density at radius 2 is 1.53 bits per heavy atom. The summed E-state index contributed by atoms with van der Waals surface area (Å²) < 4.78 is 0. The fourth-order valence-electron chi connectivity index (χ4n) is 6.01. The van der Waals surface area contributed by atoms with Gasteiger partial charge in [0.25, 0.3) is 0 Å². The predicted octanol–water partition coefficient (Wildman–Crippen LogP) is 3.59. The molecule has 5 fully saturated rings. The third-order valence-corrected chi connectivity index (χ3v) is 6.38. The summed E-state index contributed by atoms with van der Waals surface area (Å²) in [4.78, 5) is 0. The lowest BCUT2D eigenvalue weighted by atomic mass is 9.48. The molecule has 1 nitrogen and oxygen atoms in total. The van der Waals surface area contributed by atoms with Crippen LogP contribution in [0, 0.1) is 29.1 Å². The highest BCUT2D eigenvalue weighted by Crippen LogP contribution is 2.62. The van der Waals surface area contributed by atoms with Gasteiger partial charge >= 0.3 is 0 Å². The van der Waals surface area contributed by atoms with Gasteiger partial charge in [-0.05, 0) is 93.9 Å². The molecular formula is C16H27N. The maximum absolute atomic E-state index is 3.64. The van der Waals surface area contributed by atoms with Gasteiger partial charge in [-0.2, -0.15) is 0 Å². The fourth-order valence-corrected chi connectivity index (χ4v) is 6.01. The van der Waals surface area contributed by atoms with E-state index in [-0.39, 0.29) is 0 Å². The minimum absolute atomic E-state index is 0.783. The van der Waals surface area contributed by atoms with Gasteiger partial charge < -0.3 is 5.32 Å². The van der Waals surface area contributed by atoms with Crippen LogP contribution in [-0.2, 0) is 0 Å². The van der Waals surface area contributed by atoms with Gasteiger partial charge in [-0.15, -0.1) is 0 Å². The Labute approximate surface area is 106 Å². The first-order chi connectivity index (χ1) is 8.26. The molecule has 0 saturated heterocycles. The second-order valence-electron chi connectivity index (χ2n) is 7.85. The highest BCUT2D eigenvalue weighted by atomic mass is 14.9. The normalized spacial score (nSPS) is 49.6. The Kier molecular flexibility index (Phi) is 2.38. The highest BCUT2D eigenvalue weighted by molar-refractivity contribution is 5.03. The summed E-state index contributed by atoms with van der Waals surface area (Å²) in [6.07, 6.45) is 14.0. The number of nitrogens with one attached hydrogen (secondary N) is 1. The van der Waals surface area contributed by atoms with Crippen molar-refractivity contribution in [3.05, 3.63) is 0 Å². The number of hydrogen-bond donors (Lipinski definition) is 1. The summed E-state index contributed by atoms with van der Waals surface area (Å²) in [5.74, 6) is 4.40. The molecule has 5 aliphatic carbocycles. The highest BCUT2D eigenvalue weighted by Gasteiger charge is 2.52. The molecule has 0 aromatic carbocycles. The van der Waals surface area contributed by atoms with Crippen molar-refractivity contribution >= 4 is 0 Å². The lowest BCUT2D eigenvalue weighted by molar-refractivity contribution is -0.0627. The van der Waals surface area contributed by atoms with Crippen LogP contribution in [0.4, 0.5) is 0 Å². The van der Waals surface area contributed by atoms with E-state index < -0.39 is 0 Å². The van der Waals surface area contributed by atoms with Crippen LogP contribution in [0.15, 0.2) is 0 Å². The standard InChI is InChI=1S/C16H27N/c1-17-15(14-2-3-14)10-16-7-11-4-12(8-16)6-13(5-11)9-16/h11-15,17H,2-10H2,1H3. The molecule has 0 amide bonds. The third kappa shape index (κ3) is 1.85. The molecule has 0 aromatic heterocycles. The van der Waals surface area contributed by atoms with Crippen molar-refractivity contribution in [2.45, 2.75) is 63.8 Å². The molecule has 5 saturated carbocycles. The molecule has 1 unspecified atom stereocenters. The Balaban J connectivity index is 1.51. The Morgan fingerprint density at radius 1 is 1.00 bits per heavy atom. The molecule has 96 valence electrons. The molecule has 1 N–H and O–H groups in total. The van der Waals surface area contributed by atoms with Crippen LogP contribution in [0.1, 0.15) is 57.8 Å². The van der Waals surface area contributed by atoms with Gasteiger partial charge in [-0.25, -0.2) is 0 Å². The average Bonchev–Trinajstić information content (AvgIpc) is 3.07. The molecule has 1 heteroatoms. The van der Waals surface area contributed by atoms with Gasteiger partial charge in [-0.1, -0.05) is 0 Å². The zero-order valence-electron chi connectivity index (χ0n) is 11.3. The Morgan fingerprint density at radius 3 is 1.94 bits per heavy atom. The van der Waals surface area contributed by atoms with Gasteiger partial charge in [0.15, 0.2) is 0 Å². The zero-order valence-corrected chi connectivity index (χ0v) is 11.3. The first kappa shape index (κ1) is 10.8. The summed E-state index contributed by atoms with van der Waals surface area (Å²) in [5, 5.41) is 3.64. The molecule has 1 atom stereocenters. The van der Waals surface area contributed by atoms with Crippen LogP contribution in [0.3, 0.4) is 0 Å². The van der Waals surface area contributed by atoms with Crippen LogP contribution in [0.25, 0.3) is 0 Å². The monoisotopic (exact) mass is 233 g/mol. The van der Waals surface area contributed by atoms with Crippen molar-refractivity contribution in [1.82, 2.24) is 5.32 Å². The molecule has 0 aromatic rings. The first-order valence-electron chi connectivity index (χ1n) is 7.94. The van der Waals surface area contributed by atoms with E-state index in [4.69, 9.17) is 0 Å². The molecule has 0 heterocycles. The predicted molar refractivity (Wildman–Crippen MR) is 70.8 cm³/mol. The van der Waals surface area contributed by atoms with Crippen molar-refractivity contribution in [3.63, 3.8) is 0 Å². The van der Waals surface area contributed by atoms with E-state index in [0.29, 0.717) is 0 Å². The summed E-state index contributed by atoms with van der Waals surface area (Å²) in [5.41, 5.74) is 0.783. The van der Waals surface area contributed by atoms with E-state index in [1.54, 1.807) is 38.5 Å². The molecule has 0 spiro atoms. The zero-order chi connectivity index (χ0) is 11.5. The SMILES string of the molecule is CNC(CC12CC3CC(CC(C3)C1)C2)C1CC1. The van der Waals surface area contributed by atoms with Crippen LogP contribution in [0.5, 0.6) is 0 Å². The Hall–Kier alpha value is -0.0400. The molecule has 5 rings (SSSR count). The average molecular weight is 233 g/mol. The van der Waals surface area contributed by atoms with Crippen molar-refractivity contribution < 1.29 is 0 Å². The smallest absolute Gasteiger partial charge is 0.00976 e. The summed E-state index contributed by atoms with van der Waals surface area (Å²) in [7, 11) is 2.20. The minimum atomic E-state index is 0.783. The summed E-state index contributed by atoms with van der Waals surface area (Å²) >= 11 is 0. The molecule has 5 aliphatic rings. The topological polar surface area (TPSA) is 12.0 Å². The molecule has 17 heavy (non-hydrogen) atoms. The van der Waals surface area contributed by atoms with E-state index >= 15 is 0 Å². The number of rotatable bonds is 4. The van der Waals surface area contributed by atoms with Gasteiger partial charge in [0.05, 0.1) is 0 Å². The van der Waals surface area contributed by atoms with Crippen molar-refractivity contribution in [3.8, 4) is 0 Å². The van der Waals surface area contributed by atoms with Gasteiger partial charge in [0.2, 0.25) is 0 Å². The summed E-state index contributed by atoms with van der Waals surface area (Å²) in [6.45, 7) is 0. The third-order valence-electron chi connectivity index (χ3n) is 6.38. The fraction of sp³-hybridized carbons (Fsp3) is 1.00. The molecule has 0 radical (unpaired) electrons. The maximum atomic E-state index is 3.64. The van der Waals surface area contributed by atoms with Crippen molar-refractivity contribution in [2.24, 2.45) is 29.1 Å². The van der Waals surface area contributed by atoms with Crippen LogP contribution < -0.4 is 5.32 Å². The van der Waals surface area contributed by atoms with Gasteiger partial charge in [0.1, 0.15) is 0 Å². The van der Waals surface area contributed by atoms with Gasteiger partial charge in [0, 0.05) is 6.04 Å². The maximum Gasteiger partial charge on any atom is 0.00976 e. The lowest BCUT2D eigenvalue weighted by Gasteiger charge is -2.57. The van der Waals surface area contributed by atoms with Crippen molar-refractivity contribution in [2.75, 3.05) is 7.05 Å². The van der Waals surface area contributed by atoms with Crippen molar-refractivity contribution in [1.29, 1.82) is 0 Å². The van der Waals surface area contributed by atoms with Crippen LogP contribution in [-0.4, -0.2) is 13.1 Å². The van der Waals surface area contributed by atoms with Crippen LogP contribution in [0.2, 0.25) is 0 Å². The largest absolute Gasteiger partial charge is 0.317 e. The lowest BCUT2D eigenvalue weighted by Crippen LogP contribution is -2.49. The van der Waals surface area contributed by atoms with E-state index in [0.717, 1.165) is 35.1 Å². The van der Waals surface area contributed by atoms with E-state index in [1.165, 1.54) is 19.3 Å². The summed E-state index contributed by atoms with van der Waals surface area (Å²) in [6, 6.07) is 0.853. The first-order valence-corrected chi connectivity index (χ1v) is 7.94. The van der Waals surface area contributed by atoms with E-state index in [1.807, 2.05) is 0 Å². The Bertz CT molecular complexity index is 269.